The van der Waals surface area contributed by atoms with Crippen LogP contribution in [0.2, 0.25) is 5.02 Å². The van der Waals surface area contributed by atoms with Gasteiger partial charge < -0.3 is 19.7 Å². The Labute approximate surface area is 163 Å². The maximum absolute atomic E-state index is 12.3. The number of carbonyl (C=O) groups is 2. The third kappa shape index (κ3) is 5.24. The monoisotopic (exact) mass is 388 g/mol. The summed E-state index contributed by atoms with van der Waals surface area (Å²) in [5.41, 5.74) is 1.51. The molecular formula is C20H21ClN2O4. The van der Waals surface area contributed by atoms with Crippen molar-refractivity contribution in [3.05, 3.63) is 58.6 Å². The zero-order chi connectivity index (χ0) is 20.0. The predicted molar refractivity (Wildman–Crippen MR) is 107 cm³/mol. The molecule has 7 heteroatoms. The third-order valence-corrected chi connectivity index (χ3v) is 4.06. The minimum atomic E-state index is -0.385. The molecule has 0 aromatic heterocycles. The molecule has 6 nitrogen and oxygen atoms in total. The first-order valence-electron chi connectivity index (χ1n) is 8.08. The van der Waals surface area contributed by atoms with E-state index in [-0.39, 0.29) is 11.8 Å². The van der Waals surface area contributed by atoms with E-state index in [4.69, 9.17) is 21.1 Å². The van der Waals surface area contributed by atoms with Gasteiger partial charge in [0, 0.05) is 37.4 Å². The molecule has 2 rings (SSSR count). The van der Waals surface area contributed by atoms with E-state index in [1.165, 1.54) is 11.0 Å². The van der Waals surface area contributed by atoms with Crippen LogP contribution < -0.4 is 14.8 Å². The molecule has 2 aromatic rings. The van der Waals surface area contributed by atoms with Crippen molar-refractivity contribution in [2.45, 2.75) is 0 Å². The molecule has 2 aromatic carbocycles. The summed E-state index contributed by atoms with van der Waals surface area (Å²) in [6.07, 6.45) is 2.98. The summed E-state index contributed by atoms with van der Waals surface area (Å²) < 4.78 is 10.4. The number of hydrogen-bond acceptors (Lipinski definition) is 4. The number of rotatable bonds is 6. The zero-order valence-corrected chi connectivity index (χ0v) is 16.3. The molecule has 0 aliphatic heterocycles. The number of methoxy groups -OCH3 is 2. The molecule has 0 aliphatic carbocycles. The largest absolute Gasteiger partial charge is 0.497 e. The average Bonchev–Trinajstić information content (AvgIpc) is 2.67. The second-order valence-electron chi connectivity index (χ2n) is 5.82. The van der Waals surface area contributed by atoms with Gasteiger partial charge in [-0.3, -0.25) is 9.59 Å². The third-order valence-electron chi connectivity index (χ3n) is 3.73. The number of amides is 2. The SMILES string of the molecule is COc1ccc(/C=C/C(=O)Nc2cc(C(=O)N(C)C)ccc2Cl)c(OC)c1. The van der Waals surface area contributed by atoms with E-state index in [9.17, 15) is 9.59 Å². The lowest BCUT2D eigenvalue weighted by Gasteiger charge is -2.12. The zero-order valence-electron chi connectivity index (χ0n) is 15.6. The van der Waals surface area contributed by atoms with E-state index >= 15 is 0 Å². The van der Waals surface area contributed by atoms with Crippen LogP contribution in [0.25, 0.3) is 6.08 Å². The molecule has 0 heterocycles. The van der Waals surface area contributed by atoms with Gasteiger partial charge in [0.25, 0.3) is 5.91 Å². The number of hydrogen-bond donors (Lipinski definition) is 1. The van der Waals surface area contributed by atoms with Crippen molar-refractivity contribution >= 4 is 35.2 Å². The van der Waals surface area contributed by atoms with E-state index in [2.05, 4.69) is 5.32 Å². The molecule has 0 fully saturated rings. The number of nitrogens with zero attached hydrogens (tertiary/aromatic N) is 1. The average molecular weight is 389 g/mol. The van der Waals surface area contributed by atoms with Gasteiger partial charge in [-0.15, -0.1) is 0 Å². The van der Waals surface area contributed by atoms with Gasteiger partial charge in [0.05, 0.1) is 24.9 Å². The lowest BCUT2D eigenvalue weighted by molar-refractivity contribution is -0.111. The Kier molecular flexibility index (Phi) is 6.85. The first-order chi connectivity index (χ1) is 12.8. The van der Waals surface area contributed by atoms with Gasteiger partial charge >= 0.3 is 0 Å². The normalized spacial score (nSPS) is 10.6. The molecule has 0 spiro atoms. The smallest absolute Gasteiger partial charge is 0.253 e. The minimum absolute atomic E-state index is 0.180. The maximum atomic E-state index is 12.3. The Hall–Kier alpha value is -2.99. The lowest BCUT2D eigenvalue weighted by Crippen LogP contribution is -2.21. The van der Waals surface area contributed by atoms with E-state index in [0.29, 0.717) is 27.8 Å². The summed E-state index contributed by atoms with van der Waals surface area (Å²) >= 11 is 6.13. The molecule has 27 heavy (non-hydrogen) atoms. The van der Waals surface area contributed by atoms with Crippen molar-refractivity contribution in [1.29, 1.82) is 0 Å². The van der Waals surface area contributed by atoms with Gasteiger partial charge in [-0.25, -0.2) is 0 Å². The van der Waals surface area contributed by atoms with Crippen molar-refractivity contribution < 1.29 is 19.1 Å². The van der Waals surface area contributed by atoms with Gasteiger partial charge in [-0.05, 0) is 36.4 Å². The summed E-state index contributed by atoms with van der Waals surface area (Å²) in [6, 6.07) is 10.0. The van der Waals surface area contributed by atoms with Crippen molar-refractivity contribution in [1.82, 2.24) is 4.90 Å². The van der Waals surface area contributed by atoms with E-state index in [1.807, 2.05) is 0 Å². The molecular weight excluding hydrogens is 368 g/mol. The van der Waals surface area contributed by atoms with Crippen molar-refractivity contribution in [2.75, 3.05) is 33.6 Å². The number of carbonyl (C=O) groups excluding carboxylic acids is 2. The van der Waals surface area contributed by atoms with Gasteiger partial charge in [-0.2, -0.15) is 0 Å². The van der Waals surface area contributed by atoms with Crippen LogP contribution in [0.1, 0.15) is 15.9 Å². The summed E-state index contributed by atoms with van der Waals surface area (Å²) in [5, 5.41) is 3.02. The number of anilines is 1. The molecule has 2 amide bonds. The van der Waals surface area contributed by atoms with Gasteiger partial charge in [0.15, 0.2) is 0 Å². The van der Waals surface area contributed by atoms with Crippen LogP contribution in [0.15, 0.2) is 42.5 Å². The van der Waals surface area contributed by atoms with Crippen LogP contribution in [0.3, 0.4) is 0 Å². The summed E-state index contributed by atoms with van der Waals surface area (Å²) in [6.45, 7) is 0. The fourth-order valence-corrected chi connectivity index (χ4v) is 2.47. The minimum Gasteiger partial charge on any atom is -0.497 e. The maximum Gasteiger partial charge on any atom is 0.253 e. The lowest BCUT2D eigenvalue weighted by atomic mass is 10.1. The van der Waals surface area contributed by atoms with Crippen LogP contribution in [-0.4, -0.2) is 45.0 Å². The summed E-state index contributed by atoms with van der Waals surface area (Å²) in [5.74, 6) is 0.669. The van der Waals surface area contributed by atoms with Gasteiger partial charge in [0.2, 0.25) is 5.91 Å². The van der Waals surface area contributed by atoms with Crippen LogP contribution in [0.5, 0.6) is 11.5 Å². The highest BCUT2D eigenvalue weighted by Crippen LogP contribution is 2.26. The molecule has 0 saturated carbocycles. The fraction of sp³-hybridized carbons (Fsp3) is 0.200. The highest BCUT2D eigenvalue weighted by atomic mass is 35.5. The number of nitrogens with one attached hydrogen (secondary N) is 1. The standard InChI is InChI=1S/C20H21ClN2O4/c1-23(2)20(25)14-6-9-16(21)17(11-14)22-19(24)10-7-13-5-8-15(26-3)12-18(13)27-4/h5-12H,1-4H3,(H,22,24)/b10-7+. The van der Waals surface area contributed by atoms with E-state index in [1.54, 1.807) is 70.8 Å². The highest BCUT2D eigenvalue weighted by molar-refractivity contribution is 6.34. The van der Waals surface area contributed by atoms with Gasteiger partial charge in [0.1, 0.15) is 11.5 Å². The summed E-state index contributed by atoms with van der Waals surface area (Å²) in [7, 11) is 6.41. The Bertz CT molecular complexity index is 878. The molecule has 142 valence electrons. The molecule has 1 N–H and O–H groups in total. The highest BCUT2D eigenvalue weighted by Gasteiger charge is 2.12. The molecule has 0 radical (unpaired) electrons. The van der Waals surface area contributed by atoms with Crippen molar-refractivity contribution in [3.63, 3.8) is 0 Å². The molecule has 0 atom stereocenters. The second-order valence-corrected chi connectivity index (χ2v) is 6.23. The van der Waals surface area contributed by atoms with Gasteiger partial charge in [-0.1, -0.05) is 11.6 Å². The Morgan fingerprint density at radius 3 is 2.44 bits per heavy atom. The van der Waals surface area contributed by atoms with Crippen LogP contribution in [0, 0.1) is 0 Å². The number of halogens is 1. The predicted octanol–water partition coefficient (Wildman–Crippen LogP) is 3.71. The molecule has 0 unspecified atom stereocenters. The first-order valence-corrected chi connectivity index (χ1v) is 8.45. The first kappa shape index (κ1) is 20.3. The number of benzene rings is 2. The van der Waals surface area contributed by atoms with E-state index in [0.717, 1.165) is 5.56 Å². The molecule has 0 aliphatic rings. The van der Waals surface area contributed by atoms with Crippen molar-refractivity contribution in [3.8, 4) is 11.5 Å². The van der Waals surface area contributed by atoms with Crippen LogP contribution in [0.4, 0.5) is 5.69 Å². The van der Waals surface area contributed by atoms with E-state index < -0.39 is 0 Å². The number of ether oxygens (including phenoxy) is 2. The second kappa shape index (κ2) is 9.09. The van der Waals surface area contributed by atoms with Crippen LogP contribution >= 0.6 is 11.6 Å². The van der Waals surface area contributed by atoms with Crippen LogP contribution in [-0.2, 0) is 4.79 Å². The van der Waals surface area contributed by atoms with Crippen molar-refractivity contribution in [2.24, 2.45) is 0 Å². The Balaban J connectivity index is 2.17. The quantitative estimate of drug-likeness (QED) is 0.766. The molecule has 0 bridgehead atoms. The summed E-state index contributed by atoms with van der Waals surface area (Å²) in [4.78, 5) is 25.8. The molecule has 0 saturated heterocycles. The Morgan fingerprint density at radius 1 is 1.07 bits per heavy atom. The Morgan fingerprint density at radius 2 is 1.81 bits per heavy atom. The fourth-order valence-electron chi connectivity index (χ4n) is 2.31. The topological polar surface area (TPSA) is 67.9 Å².